The molecule has 1 heterocycles. The number of carbonyl (C=O) groups excluding carboxylic acids is 2. The smallest absolute Gasteiger partial charge is 0.323 e. The topological polar surface area (TPSA) is 67.4 Å². The van der Waals surface area contributed by atoms with Crippen LogP contribution in [0.15, 0.2) is 0 Å². The fourth-order valence-corrected chi connectivity index (χ4v) is 1.75. The summed E-state index contributed by atoms with van der Waals surface area (Å²) >= 11 is 0. The Kier molecular flexibility index (Phi) is 5.25. The van der Waals surface area contributed by atoms with Crippen molar-refractivity contribution in [1.29, 1.82) is 0 Å². The molecule has 16 heavy (non-hydrogen) atoms. The minimum Gasteiger partial charge on any atom is -0.465 e. The van der Waals surface area contributed by atoms with Crippen molar-refractivity contribution in [3.05, 3.63) is 0 Å². The highest BCUT2D eigenvalue weighted by Gasteiger charge is 2.24. The molecule has 0 spiro atoms. The number of esters is 1. The van der Waals surface area contributed by atoms with Gasteiger partial charge >= 0.3 is 5.97 Å². The van der Waals surface area contributed by atoms with Crippen LogP contribution in [0.2, 0.25) is 0 Å². The summed E-state index contributed by atoms with van der Waals surface area (Å²) in [5.74, 6) is -0.121. The van der Waals surface area contributed by atoms with Crippen molar-refractivity contribution in [1.82, 2.24) is 10.6 Å². The first-order chi connectivity index (χ1) is 7.67. The molecule has 5 heteroatoms. The molecule has 1 rings (SSSR count). The molecular formula is C11H20N2O3. The Morgan fingerprint density at radius 2 is 2.38 bits per heavy atom. The average molecular weight is 228 g/mol. The molecule has 1 aliphatic heterocycles. The predicted molar refractivity (Wildman–Crippen MR) is 59.9 cm³/mol. The lowest BCUT2D eigenvalue weighted by molar-refractivity contribution is -0.146. The molecule has 0 aromatic carbocycles. The normalized spacial score (nSPS) is 22.4. The zero-order valence-electron chi connectivity index (χ0n) is 9.91. The first-order valence-electron chi connectivity index (χ1n) is 5.86. The molecule has 1 aliphatic rings. The Balaban J connectivity index is 2.38. The van der Waals surface area contributed by atoms with Crippen molar-refractivity contribution in [3.63, 3.8) is 0 Å². The SMILES string of the molecule is CCOC(=O)C(CC)NC1CCC(=O)NC1. The Morgan fingerprint density at radius 3 is 2.88 bits per heavy atom. The molecule has 2 atom stereocenters. The summed E-state index contributed by atoms with van der Waals surface area (Å²) in [6.07, 6.45) is 2.00. The molecule has 0 aromatic heterocycles. The Hall–Kier alpha value is -1.10. The monoisotopic (exact) mass is 228 g/mol. The van der Waals surface area contributed by atoms with E-state index in [1.807, 2.05) is 6.92 Å². The van der Waals surface area contributed by atoms with Crippen LogP contribution in [0.1, 0.15) is 33.1 Å². The van der Waals surface area contributed by atoms with Gasteiger partial charge in [0, 0.05) is 19.0 Å². The number of amides is 1. The van der Waals surface area contributed by atoms with Gasteiger partial charge in [0.1, 0.15) is 6.04 Å². The third kappa shape index (κ3) is 3.81. The Bertz CT molecular complexity index is 246. The molecule has 0 aromatic rings. The quantitative estimate of drug-likeness (QED) is 0.659. The van der Waals surface area contributed by atoms with E-state index in [4.69, 9.17) is 4.74 Å². The van der Waals surface area contributed by atoms with E-state index in [0.29, 0.717) is 26.0 Å². The number of nitrogens with one attached hydrogen (secondary N) is 2. The highest BCUT2D eigenvalue weighted by atomic mass is 16.5. The number of rotatable bonds is 5. The van der Waals surface area contributed by atoms with E-state index in [9.17, 15) is 9.59 Å². The lowest BCUT2D eigenvalue weighted by Crippen LogP contribution is -2.51. The molecule has 1 saturated heterocycles. The van der Waals surface area contributed by atoms with E-state index in [1.54, 1.807) is 6.92 Å². The summed E-state index contributed by atoms with van der Waals surface area (Å²) in [6, 6.07) is -0.0907. The van der Waals surface area contributed by atoms with Crippen LogP contribution in [0.25, 0.3) is 0 Å². The molecule has 1 amide bonds. The minimum atomic E-state index is -0.264. The first kappa shape index (κ1) is 13.0. The summed E-state index contributed by atoms with van der Waals surface area (Å²) in [5.41, 5.74) is 0. The van der Waals surface area contributed by atoms with Gasteiger partial charge in [-0.25, -0.2) is 0 Å². The lowest BCUT2D eigenvalue weighted by Gasteiger charge is -2.27. The molecule has 2 N–H and O–H groups in total. The molecule has 0 aliphatic carbocycles. The molecule has 92 valence electrons. The third-order valence-electron chi connectivity index (χ3n) is 2.68. The van der Waals surface area contributed by atoms with Crippen molar-refractivity contribution in [2.24, 2.45) is 0 Å². The van der Waals surface area contributed by atoms with Gasteiger partial charge in [0.25, 0.3) is 0 Å². The van der Waals surface area contributed by atoms with Gasteiger partial charge < -0.3 is 10.1 Å². The molecule has 0 saturated carbocycles. The Morgan fingerprint density at radius 1 is 1.62 bits per heavy atom. The van der Waals surface area contributed by atoms with Gasteiger partial charge in [-0.05, 0) is 19.8 Å². The van der Waals surface area contributed by atoms with E-state index in [1.165, 1.54) is 0 Å². The first-order valence-corrected chi connectivity index (χ1v) is 5.86. The number of ether oxygens (including phenoxy) is 1. The molecule has 0 radical (unpaired) electrons. The van der Waals surface area contributed by atoms with Crippen LogP contribution in [-0.2, 0) is 14.3 Å². The zero-order chi connectivity index (χ0) is 12.0. The van der Waals surface area contributed by atoms with Crippen molar-refractivity contribution in [2.75, 3.05) is 13.2 Å². The maximum atomic E-state index is 11.5. The predicted octanol–water partition coefficient (Wildman–Crippen LogP) is 0.196. The standard InChI is InChI=1S/C11H20N2O3/c1-3-9(11(15)16-4-2)13-8-5-6-10(14)12-7-8/h8-9,13H,3-7H2,1-2H3,(H,12,14). The number of hydrogen-bond acceptors (Lipinski definition) is 4. The van der Waals surface area contributed by atoms with Crippen LogP contribution >= 0.6 is 0 Å². The maximum absolute atomic E-state index is 11.5. The van der Waals surface area contributed by atoms with Crippen molar-refractivity contribution in [2.45, 2.75) is 45.2 Å². The van der Waals surface area contributed by atoms with Crippen LogP contribution in [-0.4, -0.2) is 37.1 Å². The summed E-state index contributed by atoms with van der Waals surface area (Å²) in [5, 5.41) is 6.00. The minimum absolute atomic E-state index is 0.0854. The molecular weight excluding hydrogens is 208 g/mol. The Labute approximate surface area is 95.9 Å². The molecule has 1 fully saturated rings. The molecule has 2 unspecified atom stereocenters. The summed E-state index contributed by atoms with van der Waals surface area (Å²) < 4.78 is 4.97. The highest BCUT2D eigenvalue weighted by Crippen LogP contribution is 2.06. The van der Waals surface area contributed by atoms with Crippen LogP contribution in [0, 0.1) is 0 Å². The van der Waals surface area contributed by atoms with E-state index >= 15 is 0 Å². The van der Waals surface area contributed by atoms with Gasteiger partial charge in [-0.2, -0.15) is 0 Å². The molecule has 5 nitrogen and oxygen atoms in total. The highest BCUT2D eigenvalue weighted by molar-refractivity contribution is 5.77. The van der Waals surface area contributed by atoms with Crippen LogP contribution in [0.3, 0.4) is 0 Å². The lowest BCUT2D eigenvalue weighted by atomic mass is 10.1. The largest absolute Gasteiger partial charge is 0.465 e. The van der Waals surface area contributed by atoms with E-state index in [-0.39, 0.29) is 24.0 Å². The zero-order valence-corrected chi connectivity index (χ0v) is 9.91. The van der Waals surface area contributed by atoms with Crippen molar-refractivity contribution in [3.8, 4) is 0 Å². The van der Waals surface area contributed by atoms with Gasteiger partial charge in [0.2, 0.25) is 5.91 Å². The second-order valence-electron chi connectivity index (χ2n) is 3.92. The van der Waals surface area contributed by atoms with E-state index < -0.39 is 0 Å². The maximum Gasteiger partial charge on any atom is 0.323 e. The summed E-state index contributed by atoms with van der Waals surface area (Å²) in [4.78, 5) is 22.5. The van der Waals surface area contributed by atoms with Gasteiger partial charge in [-0.3, -0.25) is 14.9 Å². The van der Waals surface area contributed by atoms with Crippen LogP contribution < -0.4 is 10.6 Å². The average Bonchev–Trinajstić information content (AvgIpc) is 2.28. The van der Waals surface area contributed by atoms with Gasteiger partial charge in [0.15, 0.2) is 0 Å². The second kappa shape index (κ2) is 6.48. The van der Waals surface area contributed by atoms with Gasteiger partial charge in [-0.15, -0.1) is 0 Å². The van der Waals surface area contributed by atoms with Crippen LogP contribution in [0.4, 0.5) is 0 Å². The van der Waals surface area contributed by atoms with Gasteiger partial charge in [0.05, 0.1) is 6.61 Å². The number of piperidine rings is 1. The van der Waals surface area contributed by atoms with E-state index in [2.05, 4.69) is 10.6 Å². The number of hydrogen-bond donors (Lipinski definition) is 2. The summed E-state index contributed by atoms with van der Waals surface area (Å²) in [7, 11) is 0. The van der Waals surface area contributed by atoms with Crippen molar-refractivity contribution >= 4 is 11.9 Å². The fourth-order valence-electron chi connectivity index (χ4n) is 1.75. The van der Waals surface area contributed by atoms with Gasteiger partial charge in [-0.1, -0.05) is 6.92 Å². The van der Waals surface area contributed by atoms with E-state index in [0.717, 1.165) is 6.42 Å². The third-order valence-corrected chi connectivity index (χ3v) is 2.68. The van der Waals surface area contributed by atoms with Crippen LogP contribution in [0.5, 0.6) is 0 Å². The second-order valence-corrected chi connectivity index (χ2v) is 3.92. The number of carbonyl (C=O) groups is 2. The molecule has 0 bridgehead atoms. The fraction of sp³-hybridized carbons (Fsp3) is 0.818. The summed E-state index contributed by atoms with van der Waals surface area (Å²) in [6.45, 7) is 4.73. The van der Waals surface area contributed by atoms with Crippen molar-refractivity contribution < 1.29 is 14.3 Å².